The number of nitrogens with zero attached hydrogens (tertiary/aromatic N) is 1. The molecular formula is C9H11NO5S2. The minimum absolute atomic E-state index is 0.0245. The van der Waals surface area contributed by atoms with Crippen molar-refractivity contribution in [3.8, 4) is 0 Å². The highest BCUT2D eigenvalue weighted by molar-refractivity contribution is 7.89. The smallest absolute Gasteiger partial charge is 0.347 e. The van der Waals surface area contributed by atoms with Crippen molar-refractivity contribution in [2.24, 2.45) is 0 Å². The fraction of sp³-hybridized carbons (Fsp3) is 0.444. The average Bonchev–Trinajstić information content (AvgIpc) is 2.56. The number of carboxylic acid groups (broad SMARTS) is 1. The summed E-state index contributed by atoms with van der Waals surface area (Å²) in [5, 5.41) is 19.6. The minimum Gasteiger partial charge on any atom is -0.477 e. The van der Waals surface area contributed by atoms with Crippen molar-refractivity contribution in [2.45, 2.75) is 17.9 Å². The fourth-order valence-electron chi connectivity index (χ4n) is 1.64. The van der Waals surface area contributed by atoms with Gasteiger partial charge in [0, 0.05) is 13.1 Å². The maximum Gasteiger partial charge on any atom is 0.347 e. The van der Waals surface area contributed by atoms with E-state index in [1.54, 1.807) is 6.92 Å². The van der Waals surface area contributed by atoms with Gasteiger partial charge in [0.05, 0.1) is 6.10 Å². The number of hydrogen-bond acceptors (Lipinski definition) is 5. The van der Waals surface area contributed by atoms with Gasteiger partial charge in [-0.25, -0.2) is 13.2 Å². The molecule has 0 atom stereocenters. The Morgan fingerprint density at radius 3 is 2.59 bits per heavy atom. The first-order valence-electron chi connectivity index (χ1n) is 4.83. The first-order chi connectivity index (χ1) is 7.84. The summed E-state index contributed by atoms with van der Waals surface area (Å²) in [6.45, 7) is 1.61. The summed E-state index contributed by atoms with van der Waals surface area (Å²) in [7, 11) is -3.80. The molecule has 0 radical (unpaired) electrons. The van der Waals surface area contributed by atoms with Gasteiger partial charge in [-0.2, -0.15) is 4.31 Å². The number of aromatic carboxylic acids is 1. The van der Waals surface area contributed by atoms with Crippen LogP contribution in [0.4, 0.5) is 0 Å². The van der Waals surface area contributed by atoms with Crippen molar-refractivity contribution in [2.75, 3.05) is 13.1 Å². The highest BCUT2D eigenvalue weighted by atomic mass is 32.2. The Morgan fingerprint density at radius 1 is 1.53 bits per heavy atom. The summed E-state index contributed by atoms with van der Waals surface area (Å²) < 4.78 is 25.3. The van der Waals surface area contributed by atoms with Crippen molar-refractivity contribution >= 4 is 27.3 Å². The fourth-order valence-corrected chi connectivity index (χ4v) is 4.74. The molecule has 1 aromatic heterocycles. The van der Waals surface area contributed by atoms with Crippen LogP contribution < -0.4 is 0 Å². The van der Waals surface area contributed by atoms with Gasteiger partial charge in [0.15, 0.2) is 0 Å². The number of carbonyl (C=O) groups is 1. The highest BCUT2D eigenvalue weighted by Crippen LogP contribution is 2.31. The van der Waals surface area contributed by atoms with E-state index in [9.17, 15) is 13.2 Å². The third-order valence-electron chi connectivity index (χ3n) is 2.54. The molecular weight excluding hydrogens is 266 g/mol. The largest absolute Gasteiger partial charge is 0.477 e. The Hall–Kier alpha value is -0.960. The SMILES string of the molecule is Cc1csc(C(=O)O)c1S(=O)(=O)N1CC(O)C1. The van der Waals surface area contributed by atoms with Crippen molar-refractivity contribution in [1.82, 2.24) is 4.31 Å². The quantitative estimate of drug-likeness (QED) is 0.818. The van der Waals surface area contributed by atoms with Gasteiger partial charge in [0.2, 0.25) is 10.0 Å². The van der Waals surface area contributed by atoms with Crippen LogP contribution in [0.1, 0.15) is 15.2 Å². The molecule has 2 N–H and O–H groups in total. The first-order valence-corrected chi connectivity index (χ1v) is 7.15. The Balaban J connectivity index is 2.46. The number of β-amino-alcohol motifs (C(OH)–C–C–N with tert-alkyl or cyclic N) is 1. The molecule has 0 saturated carbocycles. The highest BCUT2D eigenvalue weighted by Gasteiger charge is 2.39. The van der Waals surface area contributed by atoms with E-state index in [0.717, 1.165) is 15.6 Å². The van der Waals surface area contributed by atoms with Gasteiger partial charge in [-0.1, -0.05) is 0 Å². The lowest BCUT2D eigenvalue weighted by Gasteiger charge is -2.34. The van der Waals surface area contributed by atoms with Crippen LogP contribution in [0, 0.1) is 6.92 Å². The Kier molecular flexibility index (Phi) is 2.98. The zero-order valence-corrected chi connectivity index (χ0v) is 10.6. The van der Waals surface area contributed by atoms with Crippen LogP contribution >= 0.6 is 11.3 Å². The molecule has 1 fully saturated rings. The summed E-state index contributed by atoms with van der Waals surface area (Å²) in [5.74, 6) is -1.25. The summed E-state index contributed by atoms with van der Waals surface area (Å²) in [5.41, 5.74) is 0.425. The van der Waals surface area contributed by atoms with E-state index >= 15 is 0 Å². The van der Waals surface area contributed by atoms with Gasteiger partial charge in [-0.3, -0.25) is 0 Å². The van der Waals surface area contributed by atoms with E-state index in [1.165, 1.54) is 5.38 Å². The molecule has 0 spiro atoms. The predicted molar refractivity (Wildman–Crippen MR) is 60.8 cm³/mol. The molecule has 1 aromatic rings. The van der Waals surface area contributed by atoms with E-state index in [-0.39, 0.29) is 22.9 Å². The monoisotopic (exact) mass is 277 g/mol. The summed E-state index contributed by atoms with van der Waals surface area (Å²) in [4.78, 5) is 10.6. The number of aryl methyl sites for hydroxylation is 1. The molecule has 0 aliphatic carbocycles. The number of thiophene rings is 1. The molecule has 2 heterocycles. The molecule has 17 heavy (non-hydrogen) atoms. The molecule has 1 aliphatic rings. The van der Waals surface area contributed by atoms with Gasteiger partial charge in [0.1, 0.15) is 9.77 Å². The lowest BCUT2D eigenvalue weighted by Crippen LogP contribution is -2.53. The molecule has 94 valence electrons. The molecule has 1 aliphatic heterocycles. The van der Waals surface area contributed by atoms with E-state index in [1.807, 2.05) is 0 Å². The van der Waals surface area contributed by atoms with Crippen LogP contribution in [0.25, 0.3) is 0 Å². The van der Waals surface area contributed by atoms with Crippen molar-refractivity contribution in [3.05, 3.63) is 15.8 Å². The Labute approximate surface area is 102 Å². The lowest BCUT2D eigenvalue weighted by atomic mass is 10.2. The van der Waals surface area contributed by atoms with E-state index < -0.39 is 22.1 Å². The summed E-state index contributed by atoms with van der Waals surface area (Å²) >= 11 is 0.896. The normalized spacial score (nSPS) is 18.0. The Morgan fingerprint density at radius 2 is 2.12 bits per heavy atom. The second kappa shape index (κ2) is 4.05. The van der Waals surface area contributed by atoms with Crippen LogP contribution in [0.5, 0.6) is 0 Å². The molecule has 0 unspecified atom stereocenters. The number of carboxylic acids is 1. The lowest BCUT2D eigenvalue weighted by molar-refractivity contribution is 0.0546. The van der Waals surface area contributed by atoms with Crippen LogP contribution in [0.15, 0.2) is 10.3 Å². The molecule has 6 nitrogen and oxygen atoms in total. The summed E-state index contributed by atoms with van der Waals surface area (Å²) in [6, 6.07) is 0. The van der Waals surface area contributed by atoms with Gasteiger partial charge in [-0.15, -0.1) is 11.3 Å². The maximum absolute atomic E-state index is 12.1. The first kappa shape index (κ1) is 12.5. The average molecular weight is 277 g/mol. The molecule has 0 aromatic carbocycles. The van der Waals surface area contributed by atoms with Crippen molar-refractivity contribution in [1.29, 1.82) is 0 Å². The molecule has 1 saturated heterocycles. The van der Waals surface area contributed by atoms with Gasteiger partial charge in [-0.05, 0) is 17.9 Å². The molecule has 0 bridgehead atoms. The topological polar surface area (TPSA) is 94.9 Å². The van der Waals surface area contributed by atoms with Crippen molar-refractivity contribution in [3.63, 3.8) is 0 Å². The predicted octanol–water partition coefficient (Wildman–Crippen LogP) is 0.120. The van der Waals surface area contributed by atoms with Crippen LogP contribution in [0.3, 0.4) is 0 Å². The second-order valence-corrected chi connectivity index (χ2v) is 6.61. The molecule has 0 amide bonds. The van der Waals surface area contributed by atoms with Crippen LogP contribution in [0.2, 0.25) is 0 Å². The van der Waals surface area contributed by atoms with Gasteiger partial charge >= 0.3 is 5.97 Å². The molecule has 2 rings (SSSR count). The Bertz CT molecular complexity index is 556. The standard InChI is InChI=1S/C9H11NO5S2/c1-5-4-16-7(9(12)13)8(5)17(14,15)10-2-6(11)3-10/h4,6,11H,2-3H2,1H3,(H,12,13). The van der Waals surface area contributed by atoms with Crippen LogP contribution in [-0.4, -0.2) is 48.1 Å². The van der Waals surface area contributed by atoms with Crippen molar-refractivity contribution < 1.29 is 23.4 Å². The number of aliphatic hydroxyl groups excluding tert-OH is 1. The van der Waals surface area contributed by atoms with Gasteiger partial charge in [0.25, 0.3) is 0 Å². The van der Waals surface area contributed by atoms with E-state index in [2.05, 4.69) is 0 Å². The second-order valence-electron chi connectivity index (χ2n) is 3.86. The maximum atomic E-state index is 12.1. The van der Waals surface area contributed by atoms with Crippen LogP contribution in [-0.2, 0) is 10.0 Å². The minimum atomic E-state index is -3.80. The zero-order valence-electron chi connectivity index (χ0n) is 8.95. The number of sulfonamides is 1. The number of hydrogen-bond donors (Lipinski definition) is 2. The van der Waals surface area contributed by atoms with E-state index in [4.69, 9.17) is 10.2 Å². The van der Waals surface area contributed by atoms with E-state index in [0.29, 0.717) is 5.56 Å². The van der Waals surface area contributed by atoms with Gasteiger partial charge < -0.3 is 10.2 Å². The molecule has 8 heteroatoms. The summed E-state index contributed by atoms with van der Waals surface area (Å²) in [6.07, 6.45) is -0.656. The number of aliphatic hydroxyl groups is 1. The third kappa shape index (κ3) is 1.97. The third-order valence-corrected chi connectivity index (χ3v) is 5.77. The zero-order chi connectivity index (χ0) is 12.8. The number of rotatable bonds is 3.